The van der Waals surface area contributed by atoms with Crippen molar-refractivity contribution in [1.29, 1.82) is 0 Å². The lowest BCUT2D eigenvalue weighted by molar-refractivity contribution is -0.152. The molecule has 14 heavy (non-hydrogen) atoms. The first kappa shape index (κ1) is 10.9. The Labute approximate surface area is 80.5 Å². The molecule has 0 aromatic carbocycles. The molecule has 0 aromatic heterocycles. The molecule has 0 bridgehead atoms. The van der Waals surface area contributed by atoms with Gasteiger partial charge in [0.25, 0.3) is 0 Å². The van der Waals surface area contributed by atoms with Gasteiger partial charge in [-0.05, 0) is 13.8 Å². The van der Waals surface area contributed by atoms with Gasteiger partial charge in [-0.25, -0.2) is 4.79 Å². The highest BCUT2D eigenvalue weighted by Crippen LogP contribution is 2.35. The fraction of sp³-hybridized carbons (Fsp3) is 0.750. The average Bonchev–Trinajstić information content (AvgIpc) is 2.27. The van der Waals surface area contributed by atoms with E-state index in [0.717, 1.165) is 0 Å². The first-order chi connectivity index (χ1) is 6.29. The molecule has 0 radical (unpaired) electrons. The van der Waals surface area contributed by atoms with E-state index in [-0.39, 0.29) is 0 Å². The van der Waals surface area contributed by atoms with Gasteiger partial charge in [-0.1, -0.05) is 0 Å². The van der Waals surface area contributed by atoms with Gasteiger partial charge in [-0.3, -0.25) is 4.79 Å². The Morgan fingerprint density at radius 2 is 2.07 bits per heavy atom. The third-order valence-corrected chi connectivity index (χ3v) is 2.70. The summed E-state index contributed by atoms with van der Waals surface area (Å²) in [6.45, 7) is 2.01. The molecule has 1 rings (SSSR count). The van der Waals surface area contributed by atoms with Gasteiger partial charge in [0, 0.05) is 0 Å². The summed E-state index contributed by atoms with van der Waals surface area (Å²) < 4.78 is 0. The van der Waals surface area contributed by atoms with Crippen molar-refractivity contribution < 1.29 is 24.9 Å². The maximum Gasteiger partial charge on any atom is 0.334 e. The number of carbonyl (C=O) groups excluding carboxylic acids is 1. The zero-order valence-corrected chi connectivity index (χ0v) is 7.94. The lowest BCUT2D eigenvalue weighted by Gasteiger charge is -2.28. The number of aliphatic carboxylic acids is 1. The van der Waals surface area contributed by atoms with Crippen molar-refractivity contribution in [3.63, 3.8) is 0 Å². The maximum atomic E-state index is 11.3. The van der Waals surface area contributed by atoms with E-state index >= 15 is 0 Å². The third kappa shape index (κ3) is 1.11. The SMILES string of the molecule is CC1(C)C(=O)N[C@@](CO)(C(=O)O)[C@H]1O. The van der Waals surface area contributed by atoms with E-state index in [0.29, 0.717) is 0 Å². The van der Waals surface area contributed by atoms with Crippen LogP contribution in [0.5, 0.6) is 0 Å². The van der Waals surface area contributed by atoms with Crippen molar-refractivity contribution in [2.45, 2.75) is 25.5 Å². The number of rotatable bonds is 2. The summed E-state index contributed by atoms with van der Waals surface area (Å²) in [4.78, 5) is 22.2. The molecule has 0 unspecified atom stereocenters. The Balaban J connectivity index is 3.16. The van der Waals surface area contributed by atoms with Crippen LogP contribution in [0.3, 0.4) is 0 Å². The number of carbonyl (C=O) groups is 2. The Kier molecular flexibility index (Phi) is 2.29. The number of hydrogen-bond acceptors (Lipinski definition) is 4. The van der Waals surface area contributed by atoms with Gasteiger partial charge in [0.05, 0.1) is 12.0 Å². The smallest absolute Gasteiger partial charge is 0.334 e. The van der Waals surface area contributed by atoms with Gasteiger partial charge < -0.3 is 20.6 Å². The highest BCUT2D eigenvalue weighted by molar-refractivity contribution is 5.95. The Hall–Kier alpha value is -1.14. The molecule has 0 saturated carbocycles. The molecule has 6 heteroatoms. The first-order valence-corrected chi connectivity index (χ1v) is 4.14. The molecule has 0 spiro atoms. The Morgan fingerprint density at radius 1 is 1.57 bits per heavy atom. The molecular formula is C8H13NO5. The van der Waals surface area contributed by atoms with Gasteiger partial charge >= 0.3 is 5.97 Å². The van der Waals surface area contributed by atoms with Gasteiger partial charge in [0.2, 0.25) is 5.91 Å². The Morgan fingerprint density at radius 3 is 2.21 bits per heavy atom. The zero-order valence-electron chi connectivity index (χ0n) is 7.94. The zero-order chi connectivity index (χ0) is 11.1. The molecule has 2 atom stereocenters. The number of carboxylic acids is 1. The van der Waals surface area contributed by atoms with Crippen molar-refractivity contribution in [3.05, 3.63) is 0 Å². The number of amides is 1. The van der Waals surface area contributed by atoms with E-state index in [1.54, 1.807) is 0 Å². The van der Waals surface area contributed by atoms with Crippen LogP contribution in [-0.4, -0.2) is 45.4 Å². The summed E-state index contributed by atoms with van der Waals surface area (Å²) in [6.07, 6.45) is -1.45. The highest BCUT2D eigenvalue weighted by atomic mass is 16.4. The molecule has 1 saturated heterocycles. The van der Waals surface area contributed by atoms with Crippen molar-refractivity contribution >= 4 is 11.9 Å². The minimum atomic E-state index is -1.97. The largest absolute Gasteiger partial charge is 0.479 e. The van der Waals surface area contributed by atoms with Crippen molar-refractivity contribution in [3.8, 4) is 0 Å². The van der Waals surface area contributed by atoms with Crippen LogP contribution >= 0.6 is 0 Å². The molecule has 6 nitrogen and oxygen atoms in total. The summed E-state index contributed by atoms with van der Waals surface area (Å²) in [6, 6.07) is 0. The number of hydrogen-bond donors (Lipinski definition) is 4. The summed E-state index contributed by atoms with van der Waals surface area (Å²) in [5.41, 5.74) is -3.18. The normalized spacial score (nSPS) is 35.4. The lowest BCUT2D eigenvalue weighted by atomic mass is 9.80. The monoisotopic (exact) mass is 203 g/mol. The molecular weight excluding hydrogens is 190 g/mol. The van der Waals surface area contributed by atoms with Crippen LogP contribution in [0, 0.1) is 5.41 Å². The van der Waals surface area contributed by atoms with Crippen molar-refractivity contribution in [1.82, 2.24) is 5.32 Å². The molecule has 1 heterocycles. The summed E-state index contributed by atoms with van der Waals surface area (Å²) >= 11 is 0. The lowest BCUT2D eigenvalue weighted by Crippen LogP contribution is -2.59. The van der Waals surface area contributed by atoms with Gasteiger partial charge in [-0.2, -0.15) is 0 Å². The van der Waals surface area contributed by atoms with E-state index in [1.807, 2.05) is 0 Å². The number of aliphatic hydroxyl groups excluding tert-OH is 2. The van der Waals surface area contributed by atoms with Crippen LogP contribution in [0.4, 0.5) is 0 Å². The summed E-state index contributed by atoms with van der Waals surface area (Å²) in [5.74, 6) is -2.02. The summed E-state index contributed by atoms with van der Waals surface area (Å²) in [5, 5.41) is 29.6. The topological polar surface area (TPSA) is 107 Å². The second kappa shape index (κ2) is 2.93. The number of aliphatic hydroxyl groups is 2. The standard InChI is InChI=1S/C8H13NO5/c1-7(2)4(11)8(3-10,6(13)14)9-5(7)12/h4,10-11H,3H2,1-2H3,(H,9,12)(H,13,14)/t4-,8+/m0/s1. The molecule has 80 valence electrons. The quantitative estimate of drug-likeness (QED) is 0.429. The fourth-order valence-electron chi connectivity index (χ4n) is 1.54. The minimum absolute atomic E-state index is 0.582. The van der Waals surface area contributed by atoms with Gasteiger partial charge in [0.1, 0.15) is 6.10 Å². The van der Waals surface area contributed by atoms with Crippen molar-refractivity contribution in [2.75, 3.05) is 6.61 Å². The summed E-state index contributed by atoms with van der Waals surface area (Å²) in [7, 11) is 0. The minimum Gasteiger partial charge on any atom is -0.479 e. The molecule has 0 aromatic rings. The molecule has 4 N–H and O–H groups in total. The van der Waals surface area contributed by atoms with E-state index < -0.39 is 35.5 Å². The molecule has 0 aliphatic carbocycles. The second-order valence-corrected chi connectivity index (χ2v) is 4.01. The van der Waals surface area contributed by atoms with Crippen LogP contribution in [0.1, 0.15) is 13.8 Å². The second-order valence-electron chi connectivity index (χ2n) is 4.01. The van der Waals surface area contributed by atoms with Crippen molar-refractivity contribution in [2.24, 2.45) is 5.41 Å². The third-order valence-electron chi connectivity index (χ3n) is 2.70. The van der Waals surface area contributed by atoms with E-state index in [9.17, 15) is 14.7 Å². The van der Waals surface area contributed by atoms with Crippen LogP contribution in [-0.2, 0) is 9.59 Å². The molecule has 1 aliphatic heterocycles. The van der Waals surface area contributed by atoms with E-state index in [1.165, 1.54) is 13.8 Å². The van der Waals surface area contributed by atoms with Crippen LogP contribution in [0.2, 0.25) is 0 Å². The first-order valence-electron chi connectivity index (χ1n) is 4.14. The predicted molar refractivity (Wildman–Crippen MR) is 45.4 cm³/mol. The number of carboxylic acid groups (broad SMARTS) is 1. The van der Waals surface area contributed by atoms with Crippen LogP contribution < -0.4 is 5.32 Å². The van der Waals surface area contributed by atoms with E-state index in [2.05, 4.69) is 5.32 Å². The van der Waals surface area contributed by atoms with E-state index in [4.69, 9.17) is 10.2 Å². The fourth-order valence-corrected chi connectivity index (χ4v) is 1.54. The molecule has 1 amide bonds. The average molecular weight is 203 g/mol. The molecule has 1 fully saturated rings. The van der Waals surface area contributed by atoms with Gasteiger partial charge in [0.15, 0.2) is 5.54 Å². The number of nitrogens with one attached hydrogen (secondary N) is 1. The maximum absolute atomic E-state index is 11.3. The van der Waals surface area contributed by atoms with Crippen LogP contribution in [0.15, 0.2) is 0 Å². The molecule has 1 aliphatic rings. The Bertz CT molecular complexity index is 287. The van der Waals surface area contributed by atoms with Gasteiger partial charge in [-0.15, -0.1) is 0 Å². The van der Waals surface area contributed by atoms with Crippen LogP contribution in [0.25, 0.3) is 0 Å². The highest BCUT2D eigenvalue weighted by Gasteiger charge is 2.61. The predicted octanol–water partition coefficient (Wildman–Crippen LogP) is -1.68.